The van der Waals surface area contributed by atoms with E-state index in [1.807, 2.05) is 13.8 Å². The maximum atomic E-state index is 11.9. The van der Waals surface area contributed by atoms with Gasteiger partial charge in [-0.05, 0) is 42.9 Å². The van der Waals surface area contributed by atoms with Gasteiger partial charge in [0.25, 0.3) is 0 Å². The Morgan fingerprint density at radius 2 is 1.86 bits per heavy atom. The Bertz CT molecular complexity index is 533. The molecule has 1 saturated carbocycles. The molecule has 0 aromatic heterocycles. The van der Waals surface area contributed by atoms with Crippen molar-refractivity contribution in [1.29, 1.82) is 0 Å². The van der Waals surface area contributed by atoms with Crippen LogP contribution in [0.5, 0.6) is 0 Å². The maximum absolute atomic E-state index is 11.9. The van der Waals surface area contributed by atoms with E-state index in [4.69, 9.17) is 5.73 Å². The predicted molar refractivity (Wildman–Crippen MR) is 81.0 cm³/mol. The van der Waals surface area contributed by atoms with Gasteiger partial charge < -0.3 is 16.2 Å². The lowest BCUT2D eigenvalue weighted by molar-refractivity contribution is -0.140. The predicted octanol–water partition coefficient (Wildman–Crippen LogP) is 2.11. The van der Waals surface area contributed by atoms with Crippen LogP contribution in [0, 0.1) is 5.92 Å². The molecular weight excluding hydrogens is 268 g/mol. The normalized spacial score (nSPS) is 17.3. The molecular formula is C16H22N2O3. The zero-order chi connectivity index (χ0) is 15.6. The van der Waals surface area contributed by atoms with Crippen LogP contribution in [-0.2, 0) is 15.0 Å². The Balaban J connectivity index is 2.00. The number of aliphatic carboxylic acids is 1. The van der Waals surface area contributed by atoms with Gasteiger partial charge in [-0.25, -0.2) is 0 Å². The summed E-state index contributed by atoms with van der Waals surface area (Å²) < 4.78 is 0. The Labute approximate surface area is 124 Å². The summed E-state index contributed by atoms with van der Waals surface area (Å²) in [6.45, 7) is 4.03. The van der Waals surface area contributed by atoms with Gasteiger partial charge in [-0.1, -0.05) is 26.0 Å². The van der Waals surface area contributed by atoms with E-state index in [1.165, 1.54) is 0 Å². The number of hydrogen-bond donors (Lipinski definition) is 3. The highest BCUT2D eigenvalue weighted by Gasteiger charge is 2.51. The van der Waals surface area contributed by atoms with Gasteiger partial charge in [-0.15, -0.1) is 0 Å². The zero-order valence-electron chi connectivity index (χ0n) is 12.4. The average molecular weight is 290 g/mol. The van der Waals surface area contributed by atoms with Crippen LogP contribution in [0.1, 0.15) is 38.7 Å². The van der Waals surface area contributed by atoms with E-state index in [0.717, 1.165) is 5.56 Å². The first-order valence-corrected chi connectivity index (χ1v) is 7.25. The molecule has 1 aliphatic carbocycles. The summed E-state index contributed by atoms with van der Waals surface area (Å²) in [6.07, 6.45) is 1.98. The Hall–Kier alpha value is -1.88. The SMILES string of the molecule is CC(C)CC(N)C(=O)Nc1ccc(C2(C(=O)O)CC2)cc1. The van der Waals surface area contributed by atoms with Crippen molar-refractivity contribution in [3.63, 3.8) is 0 Å². The summed E-state index contributed by atoms with van der Waals surface area (Å²) in [5.74, 6) is -0.632. The summed E-state index contributed by atoms with van der Waals surface area (Å²) in [5.41, 5.74) is 6.55. The van der Waals surface area contributed by atoms with Gasteiger partial charge in [0.05, 0.1) is 11.5 Å². The fourth-order valence-electron chi connectivity index (χ4n) is 2.47. The molecule has 1 aliphatic rings. The van der Waals surface area contributed by atoms with Crippen LogP contribution in [0.2, 0.25) is 0 Å². The molecule has 5 nitrogen and oxygen atoms in total. The molecule has 114 valence electrons. The number of anilines is 1. The number of nitrogens with two attached hydrogens (primary N) is 1. The van der Waals surface area contributed by atoms with Crippen molar-refractivity contribution < 1.29 is 14.7 Å². The molecule has 1 aromatic rings. The lowest BCUT2D eigenvalue weighted by atomic mass is 9.96. The fourth-order valence-corrected chi connectivity index (χ4v) is 2.47. The molecule has 1 aromatic carbocycles. The summed E-state index contributed by atoms with van der Waals surface area (Å²) in [4.78, 5) is 23.2. The minimum Gasteiger partial charge on any atom is -0.481 e. The van der Waals surface area contributed by atoms with Crippen LogP contribution in [0.25, 0.3) is 0 Å². The molecule has 0 aliphatic heterocycles. The van der Waals surface area contributed by atoms with Crippen LogP contribution in [0.3, 0.4) is 0 Å². The third-order valence-electron chi connectivity index (χ3n) is 3.93. The van der Waals surface area contributed by atoms with Crippen molar-refractivity contribution in [2.75, 3.05) is 5.32 Å². The highest BCUT2D eigenvalue weighted by Crippen LogP contribution is 2.48. The van der Waals surface area contributed by atoms with Crippen LogP contribution in [-0.4, -0.2) is 23.0 Å². The second kappa shape index (κ2) is 5.85. The van der Waals surface area contributed by atoms with E-state index >= 15 is 0 Å². The molecule has 0 heterocycles. The van der Waals surface area contributed by atoms with Gasteiger partial charge in [0.15, 0.2) is 0 Å². The number of rotatable bonds is 6. The van der Waals surface area contributed by atoms with Gasteiger partial charge >= 0.3 is 5.97 Å². The van der Waals surface area contributed by atoms with Gasteiger partial charge in [0.2, 0.25) is 5.91 Å². The topological polar surface area (TPSA) is 92.4 Å². The molecule has 2 rings (SSSR count). The average Bonchev–Trinajstić information content (AvgIpc) is 3.20. The number of carbonyl (C=O) groups is 2. The minimum atomic E-state index is -0.779. The quantitative estimate of drug-likeness (QED) is 0.748. The first-order chi connectivity index (χ1) is 9.85. The van der Waals surface area contributed by atoms with Crippen molar-refractivity contribution in [2.45, 2.75) is 44.6 Å². The smallest absolute Gasteiger partial charge is 0.314 e. The first-order valence-electron chi connectivity index (χ1n) is 7.25. The van der Waals surface area contributed by atoms with E-state index in [1.54, 1.807) is 24.3 Å². The van der Waals surface area contributed by atoms with Gasteiger partial charge in [-0.3, -0.25) is 9.59 Å². The number of carboxylic acids is 1. The number of benzene rings is 1. The van der Waals surface area contributed by atoms with Crippen molar-refractivity contribution in [1.82, 2.24) is 0 Å². The van der Waals surface area contributed by atoms with E-state index in [0.29, 0.717) is 30.9 Å². The molecule has 0 spiro atoms. The summed E-state index contributed by atoms with van der Waals surface area (Å²) in [7, 11) is 0. The monoisotopic (exact) mass is 290 g/mol. The van der Waals surface area contributed by atoms with Crippen LogP contribution in [0.4, 0.5) is 5.69 Å². The highest BCUT2D eigenvalue weighted by atomic mass is 16.4. The molecule has 0 saturated heterocycles. The van der Waals surface area contributed by atoms with E-state index in [2.05, 4.69) is 5.32 Å². The maximum Gasteiger partial charge on any atom is 0.314 e. The minimum absolute atomic E-state index is 0.212. The third kappa shape index (κ3) is 3.42. The number of nitrogens with one attached hydrogen (secondary N) is 1. The van der Waals surface area contributed by atoms with Crippen molar-refractivity contribution >= 4 is 17.6 Å². The van der Waals surface area contributed by atoms with Crippen molar-refractivity contribution in [2.24, 2.45) is 11.7 Å². The number of amides is 1. The number of hydrogen-bond acceptors (Lipinski definition) is 3. The molecule has 1 fully saturated rings. The number of carboxylic acid groups (broad SMARTS) is 1. The van der Waals surface area contributed by atoms with E-state index < -0.39 is 17.4 Å². The molecule has 1 atom stereocenters. The van der Waals surface area contributed by atoms with Crippen LogP contribution in [0.15, 0.2) is 24.3 Å². The van der Waals surface area contributed by atoms with Gasteiger partial charge in [0.1, 0.15) is 0 Å². The second-order valence-electron chi connectivity index (χ2n) is 6.19. The van der Waals surface area contributed by atoms with Gasteiger partial charge in [-0.2, -0.15) is 0 Å². The lowest BCUT2D eigenvalue weighted by Gasteiger charge is -2.15. The lowest BCUT2D eigenvalue weighted by Crippen LogP contribution is -2.36. The summed E-state index contributed by atoms with van der Waals surface area (Å²) in [5, 5.41) is 12.0. The third-order valence-corrected chi connectivity index (χ3v) is 3.93. The molecule has 0 bridgehead atoms. The van der Waals surface area contributed by atoms with E-state index in [9.17, 15) is 14.7 Å². The molecule has 1 amide bonds. The highest BCUT2D eigenvalue weighted by molar-refractivity contribution is 5.94. The standard InChI is InChI=1S/C16H22N2O3/c1-10(2)9-13(17)14(19)18-12-5-3-11(4-6-12)16(7-8-16)15(20)21/h3-6,10,13H,7-9,17H2,1-2H3,(H,18,19)(H,20,21). The zero-order valence-corrected chi connectivity index (χ0v) is 12.4. The van der Waals surface area contributed by atoms with Crippen LogP contribution >= 0.6 is 0 Å². The Morgan fingerprint density at radius 3 is 2.29 bits per heavy atom. The van der Waals surface area contributed by atoms with Crippen molar-refractivity contribution in [3.8, 4) is 0 Å². The molecule has 5 heteroatoms. The van der Waals surface area contributed by atoms with E-state index in [-0.39, 0.29) is 5.91 Å². The number of carbonyl (C=O) groups excluding carboxylic acids is 1. The molecule has 21 heavy (non-hydrogen) atoms. The molecule has 4 N–H and O–H groups in total. The largest absolute Gasteiger partial charge is 0.481 e. The first kappa shape index (κ1) is 15.5. The van der Waals surface area contributed by atoms with Gasteiger partial charge in [0, 0.05) is 5.69 Å². The second-order valence-corrected chi connectivity index (χ2v) is 6.19. The Kier molecular flexibility index (Phi) is 4.32. The summed E-state index contributed by atoms with van der Waals surface area (Å²) >= 11 is 0. The molecule has 1 unspecified atom stereocenters. The molecule has 0 radical (unpaired) electrons. The van der Waals surface area contributed by atoms with Crippen molar-refractivity contribution in [3.05, 3.63) is 29.8 Å². The van der Waals surface area contributed by atoms with Crippen LogP contribution < -0.4 is 11.1 Å². The Morgan fingerprint density at radius 1 is 1.29 bits per heavy atom. The summed E-state index contributed by atoms with van der Waals surface area (Å²) in [6, 6.07) is 6.48. The fraction of sp³-hybridized carbons (Fsp3) is 0.500.